The Bertz CT molecular complexity index is 867. The summed E-state index contributed by atoms with van der Waals surface area (Å²) in [5.41, 5.74) is 4.09. The monoisotopic (exact) mass is 369 g/mol. The van der Waals surface area contributed by atoms with Crippen LogP contribution in [-0.4, -0.2) is 54.0 Å². The molecule has 6 nitrogen and oxygen atoms in total. The molecule has 2 amide bonds. The predicted octanol–water partition coefficient (Wildman–Crippen LogP) is 2.27. The van der Waals surface area contributed by atoms with E-state index in [1.165, 1.54) is 17.7 Å². The van der Waals surface area contributed by atoms with Gasteiger partial charge in [0.1, 0.15) is 6.04 Å². The molecule has 0 saturated carbocycles. The van der Waals surface area contributed by atoms with Gasteiger partial charge in [0.25, 0.3) is 5.91 Å². The molecule has 1 aliphatic heterocycles. The van der Waals surface area contributed by atoms with E-state index in [9.17, 15) is 9.59 Å². The maximum Gasteiger partial charge on any atom is 0.254 e. The van der Waals surface area contributed by atoms with Gasteiger partial charge in [-0.1, -0.05) is 19.1 Å². The molecule has 2 heterocycles. The van der Waals surface area contributed by atoms with Crippen LogP contribution >= 0.6 is 0 Å². The van der Waals surface area contributed by atoms with Crippen LogP contribution in [0, 0.1) is 5.92 Å². The second-order valence-electron chi connectivity index (χ2n) is 7.79. The Balaban J connectivity index is 1.55. The zero-order chi connectivity index (χ0) is 19.0. The summed E-state index contributed by atoms with van der Waals surface area (Å²) in [6.07, 6.45) is 3.25. The summed E-state index contributed by atoms with van der Waals surface area (Å²) >= 11 is 0. The number of aryl methyl sites for hydroxylation is 1. The van der Waals surface area contributed by atoms with Crippen LogP contribution in [0.25, 0.3) is 10.9 Å². The van der Waals surface area contributed by atoms with Crippen molar-refractivity contribution < 1.29 is 14.3 Å². The molecular weight excluding hydrogens is 342 g/mol. The van der Waals surface area contributed by atoms with Crippen LogP contribution in [0.15, 0.2) is 18.2 Å². The van der Waals surface area contributed by atoms with Gasteiger partial charge in [-0.2, -0.15) is 0 Å². The summed E-state index contributed by atoms with van der Waals surface area (Å²) in [5.74, 6) is 0.403. The van der Waals surface area contributed by atoms with Crippen molar-refractivity contribution in [2.24, 2.45) is 5.92 Å². The van der Waals surface area contributed by atoms with E-state index < -0.39 is 6.04 Å². The summed E-state index contributed by atoms with van der Waals surface area (Å²) < 4.78 is 5.29. The number of amides is 2. The number of carbonyl (C=O) groups excluding carboxylic acids is 2. The quantitative estimate of drug-likeness (QED) is 0.872. The Labute approximate surface area is 159 Å². The molecule has 0 radical (unpaired) electrons. The number of morpholine rings is 1. The lowest BCUT2D eigenvalue weighted by atomic mass is 9.87. The molecule has 27 heavy (non-hydrogen) atoms. The number of nitrogens with one attached hydrogen (secondary N) is 2. The molecule has 144 valence electrons. The summed E-state index contributed by atoms with van der Waals surface area (Å²) in [4.78, 5) is 30.7. The van der Waals surface area contributed by atoms with Crippen molar-refractivity contribution in [2.45, 2.75) is 39.2 Å². The standard InChI is InChI=1S/C21H27N3O3/c1-13-6-7-18-17(12-13)15-4-3-5-16(19(15)23-18)20(25)22-14(2)21(26)24-8-10-27-11-9-24/h3-5,13-14,23H,6-12H2,1-2H3,(H,22,25). The number of ether oxygens (including phenoxy) is 1. The van der Waals surface area contributed by atoms with Crippen molar-refractivity contribution in [3.05, 3.63) is 35.0 Å². The fourth-order valence-corrected chi connectivity index (χ4v) is 4.20. The second kappa shape index (κ2) is 7.35. The number of carbonyl (C=O) groups is 2. The molecule has 2 unspecified atom stereocenters. The van der Waals surface area contributed by atoms with E-state index in [0.29, 0.717) is 37.8 Å². The van der Waals surface area contributed by atoms with Crippen molar-refractivity contribution in [2.75, 3.05) is 26.3 Å². The minimum absolute atomic E-state index is 0.0570. The summed E-state index contributed by atoms with van der Waals surface area (Å²) in [6.45, 7) is 6.29. The molecule has 2 aliphatic rings. The van der Waals surface area contributed by atoms with Gasteiger partial charge in [-0.15, -0.1) is 0 Å². The van der Waals surface area contributed by atoms with Gasteiger partial charge in [0.2, 0.25) is 5.91 Å². The highest BCUT2D eigenvalue weighted by atomic mass is 16.5. The van der Waals surface area contributed by atoms with E-state index in [-0.39, 0.29) is 11.8 Å². The van der Waals surface area contributed by atoms with Crippen LogP contribution in [0.2, 0.25) is 0 Å². The maximum atomic E-state index is 12.9. The molecule has 1 fully saturated rings. The highest BCUT2D eigenvalue weighted by molar-refractivity contribution is 6.08. The normalized spacial score (nSPS) is 21.0. The zero-order valence-corrected chi connectivity index (χ0v) is 16.0. The molecule has 0 spiro atoms. The third-order valence-electron chi connectivity index (χ3n) is 5.75. The van der Waals surface area contributed by atoms with Gasteiger partial charge in [0, 0.05) is 24.2 Å². The molecule has 2 atom stereocenters. The van der Waals surface area contributed by atoms with E-state index in [4.69, 9.17) is 4.74 Å². The third kappa shape index (κ3) is 3.46. The van der Waals surface area contributed by atoms with Crippen molar-refractivity contribution in [3.8, 4) is 0 Å². The van der Waals surface area contributed by atoms with Crippen LogP contribution in [0.3, 0.4) is 0 Å². The number of fused-ring (bicyclic) bond motifs is 3. The van der Waals surface area contributed by atoms with Crippen LogP contribution in [0.4, 0.5) is 0 Å². The Morgan fingerprint density at radius 3 is 2.85 bits per heavy atom. The van der Waals surface area contributed by atoms with E-state index in [2.05, 4.69) is 23.3 Å². The van der Waals surface area contributed by atoms with Crippen LogP contribution in [0.1, 0.15) is 41.9 Å². The molecule has 6 heteroatoms. The number of rotatable bonds is 3. The van der Waals surface area contributed by atoms with Gasteiger partial charge < -0.3 is 19.9 Å². The maximum absolute atomic E-state index is 12.9. The molecule has 1 aromatic heterocycles. The number of aromatic amines is 1. The first-order valence-electron chi connectivity index (χ1n) is 9.84. The summed E-state index contributed by atoms with van der Waals surface area (Å²) in [7, 11) is 0. The summed E-state index contributed by atoms with van der Waals surface area (Å²) in [5, 5.41) is 4.02. The first-order chi connectivity index (χ1) is 13.0. The highest BCUT2D eigenvalue weighted by Gasteiger charge is 2.26. The van der Waals surface area contributed by atoms with Gasteiger partial charge in [-0.05, 0) is 43.7 Å². The lowest BCUT2D eigenvalue weighted by molar-refractivity contribution is -0.136. The van der Waals surface area contributed by atoms with Gasteiger partial charge in [0.05, 0.1) is 24.3 Å². The molecule has 0 bridgehead atoms. The van der Waals surface area contributed by atoms with Crippen LogP contribution in [0.5, 0.6) is 0 Å². The lowest BCUT2D eigenvalue weighted by Gasteiger charge is -2.29. The average molecular weight is 369 g/mol. The van der Waals surface area contributed by atoms with E-state index >= 15 is 0 Å². The molecule has 2 N–H and O–H groups in total. The molecule has 2 aromatic rings. The number of benzene rings is 1. The number of aromatic nitrogens is 1. The van der Waals surface area contributed by atoms with Crippen LogP contribution < -0.4 is 5.32 Å². The van der Waals surface area contributed by atoms with Gasteiger partial charge in [0.15, 0.2) is 0 Å². The third-order valence-corrected chi connectivity index (χ3v) is 5.75. The Kier molecular flexibility index (Phi) is 4.91. The van der Waals surface area contributed by atoms with E-state index in [1.54, 1.807) is 11.8 Å². The topological polar surface area (TPSA) is 74.4 Å². The first-order valence-corrected chi connectivity index (χ1v) is 9.84. The number of nitrogens with zero attached hydrogens (tertiary/aromatic N) is 1. The number of hydrogen-bond donors (Lipinski definition) is 2. The van der Waals surface area contributed by atoms with Crippen molar-refractivity contribution in [1.29, 1.82) is 0 Å². The fraction of sp³-hybridized carbons (Fsp3) is 0.524. The van der Waals surface area contributed by atoms with Crippen molar-refractivity contribution in [3.63, 3.8) is 0 Å². The van der Waals surface area contributed by atoms with Crippen molar-refractivity contribution >= 4 is 22.7 Å². The Morgan fingerprint density at radius 1 is 1.30 bits per heavy atom. The number of para-hydroxylation sites is 1. The van der Waals surface area contributed by atoms with E-state index in [1.807, 2.05) is 12.1 Å². The van der Waals surface area contributed by atoms with E-state index in [0.717, 1.165) is 23.7 Å². The first kappa shape index (κ1) is 18.0. The zero-order valence-electron chi connectivity index (χ0n) is 16.0. The van der Waals surface area contributed by atoms with Crippen LogP contribution in [-0.2, 0) is 22.4 Å². The SMILES string of the molecule is CC1CCc2[nH]c3c(C(=O)NC(C)C(=O)N4CCOCC4)cccc3c2C1. The number of H-pyrrole nitrogens is 1. The molecule has 1 aliphatic carbocycles. The highest BCUT2D eigenvalue weighted by Crippen LogP contribution is 2.32. The molecule has 4 rings (SSSR count). The lowest BCUT2D eigenvalue weighted by Crippen LogP contribution is -2.50. The smallest absolute Gasteiger partial charge is 0.254 e. The minimum Gasteiger partial charge on any atom is -0.378 e. The molecule has 1 aromatic carbocycles. The Morgan fingerprint density at radius 2 is 2.07 bits per heavy atom. The largest absolute Gasteiger partial charge is 0.378 e. The minimum atomic E-state index is -0.560. The van der Waals surface area contributed by atoms with Crippen molar-refractivity contribution in [1.82, 2.24) is 15.2 Å². The Hall–Kier alpha value is -2.34. The molecular formula is C21H27N3O3. The van der Waals surface area contributed by atoms with Gasteiger partial charge >= 0.3 is 0 Å². The molecule has 1 saturated heterocycles. The summed E-state index contributed by atoms with van der Waals surface area (Å²) in [6, 6.07) is 5.28. The predicted molar refractivity (Wildman–Crippen MR) is 104 cm³/mol. The average Bonchev–Trinajstić information content (AvgIpc) is 3.05. The fourth-order valence-electron chi connectivity index (χ4n) is 4.20. The second-order valence-corrected chi connectivity index (χ2v) is 7.79. The van der Waals surface area contributed by atoms with Gasteiger partial charge in [-0.25, -0.2) is 0 Å². The van der Waals surface area contributed by atoms with Gasteiger partial charge in [-0.3, -0.25) is 9.59 Å². The number of hydrogen-bond acceptors (Lipinski definition) is 3.